The van der Waals surface area contributed by atoms with Gasteiger partial charge in [0.1, 0.15) is 11.2 Å². The Bertz CT molecular complexity index is 3540. The van der Waals surface area contributed by atoms with Crippen LogP contribution in [0.25, 0.3) is 110 Å². The molecule has 0 N–H and O–H groups in total. The van der Waals surface area contributed by atoms with E-state index in [1.165, 1.54) is 10.8 Å². The van der Waals surface area contributed by atoms with E-state index in [2.05, 4.69) is 180 Å². The second-order valence-corrected chi connectivity index (χ2v) is 14.6. The molecule has 0 aliphatic heterocycles. The van der Waals surface area contributed by atoms with Gasteiger partial charge < -0.3 is 13.6 Å². The first-order chi connectivity index (χ1) is 27.7. The largest absolute Gasteiger partial charge is 0.455 e. The maximum atomic E-state index is 6.94. The molecule has 0 saturated heterocycles. The van der Waals surface area contributed by atoms with E-state index in [1.54, 1.807) is 0 Å². The molecule has 0 spiro atoms. The SMILES string of the molecule is Cc1cc(-n2c3ccccc3c3c4oc5ccccc5c4c4c5ccccc5n(-c5ccccc5)c4c32)ccc1-c1nc(-c2ccccc2)c2ccccc2n1. The number of para-hydroxylation sites is 5. The van der Waals surface area contributed by atoms with Gasteiger partial charge in [-0.25, -0.2) is 9.97 Å². The van der Waals surface area contributed by atoms with Crippen LogP contribution in [-0.2, 0) is 0 Å². The number of aryl methyl sites for hydroxylation is 1. The Morgan fingerprint density at radius 3 is 1.80 bits per heavy atom. The standard InChI is InChI=1S/C51H32N4O/c1-31-30-34(28-29-35(31)51-52-40-24-12-8-20-36(40)47(53-51)32-16-4-2-5-17-32)55-42-26-14-10-22-38(42)46-49(55)48-44(45-39-23-11-15-27-43(39)56-50(45)46)37-21-9-13-25-41(37)54(48)33-18-6-3-7-19-33/h2-30H,1H3. The molecule has 56 heavy (non-hydrogen) atoms. The van der Waals surface area contributed by atoms with Crippen molar-refractivity contribution in [3.8, 4) is 34.0 Å². The average molecular weight is 717 g/mol. The molecular formula is C51H32N4O. The lowest BCUT2D eigenvalue weighted by atomic mass is 10.0. The van der Waals surface area contributed by atoms with Gasteiger partial charge in [0.2, 0.25) is 0 Å². The second kappa shape index (κ2) is 11.7. The van der Waals surface area contributed by atoms with E-state index in [1.807, 2.05) is 12.1 Å². The Morgan fingerprint density at radius 1 is 0.464 bits per heavy atom. The van der Waals surface area contributed by atoms with Gasteiger partial charge in [-0.05, 0) is 67.1 Å². The van der Waals surface area contributed by atoms with Crippen LogP contribution in [0.1, 0.15) is 5.56 Å². The number of nitrogens with zero attached hydrogens (tertiary/aromatic N) is 4. The third-order valence-electron chi connectivity index (χ3n) is 11.4. The van der Waals surface area contributed by atoms with E-state index in [0.29, 0.717) is 5.82 Å². The monoisotopic (exact) mass is 716 g/mol. The van der Waals surface area contributed by atoms with E-state index in [4.69, 9.17) is 14.4 Å². The van der Waals surface area contributed by atoms with Crippen molar-refractivity contribution < 1.29 is 4.42 Å². The minimum Gasteiger partial charge on any atom is -0.455 e. The topological polar surface area (TPSA) is 48.8 Å². The summed E-state index contributed by atoms with van der Waals surface area (Å²) in [5.74, 6) is 0.712. The summed E-state index contributed by atoms with van der Waals surface area (Å²) in [5.41, 5.74) is 13.5. The minimum atomic E-state index is 0.712. The quantitative estimate of drug-likeness (QED) is 0.182. The van der Waals surface area contributed by atoms with Crippen LogP contribution in [0.2, 0.25) is 0 Å². The molecule has 12 aromatic rings. The summed E-state index contributed by atoms with van der Waals surface area (Å²) in [7, 11) is 0. The van der Waals surface area contributed by atoms with Gasteiger partial charge >= 0.3 is 0 Å². The lowest BCUT2D eigenvalue weighted by Crippen LogP contribution is -2.00. The smallest absolute Gasteiger partial charge is 0.160 e. The molecule has 0 unspecified atom stereocenters. The van der Waals surface area contributed by atoms with E-state index in [0.717, 1.165) is 99.4 Å². The summed E-state index contributed by atoms with van der Waals surface area (Å²) in [4.78, 5) is 10.3. The normalized spacial score (nSPS) is 12.0. The van der Waals surface area contributed by atoms with Crippen molar-refractivity contribution in [3.05, 3.63) is 181 Å². The summed E-state index contributed by atoms with van der Waals surface area (Å²) in [6.07, 6.45) is 0. The van der Waals surface area contributed by atoms with Gasteiger partial charge in [0.15, 0.2) is 5.82 Å². The fraction of sp³-hybridized carbons (Fsp3) is 0.0196. The number of aromatic nitrogens is 4. The molecule has 0 aliphatic carbocycles. The summed E-state index contributed by atoms with van der Waals surface area (Å²) in [6, 6.07) is 62.0. The molecule has 4 aromatic heterocycles. The van der Waals surface area contributed by atoms with Gasteiger partial charge in [-0.1, -0.05) is 121 Å². The molecule has 5 heteroatoms. The summed E-state index contributed by atoms with van der Waals surface area (Å²) >= 11 is 0. The van der Waals surface area contributed by atoms with Gasteiger partial charge in [-0.15, -0.1) is 0 Å². The number of rotatable bonds is 4. The van der Waals surface area contributed by atoms with Gasteiger partial charge in [-0.3, -0.25) is 0 Å². The van der Waals surface area contributed by atoms with Crippen LogP contribution in [0.15, 0.2) is 180 Å². The van der Waals surface area contributed by atoms with Crippen LogP contribution in [0.3, 0.4) is 0 Å². The van der Waals surface area contributed by atoms with Crippen LogP contribution in [-0.4, -0.2) is 19.1 Å². The van der Waals surface area contributed by atoms with E-state index in [-0.39, 0.29) is 0 Å². The Balaban J connectivity index is 1.21. The predicted molar refractivity (Wildman–Crippen MR) is 231 cm³/mol. The highest BCUT2D eigenvalue weighted by molar-refractivity contribution is 6.39. The van der Waals surface area contributed by atoms with E-state index in [9.17, 15) is 0 Å². The van der Waals surface area contributed by atoms with Crippen molar-refractivity contribution in [2.24, 2.45) is 0 Å². The van der Waals surface area contributed by atoms with Crippen molar-refractivity contribution in [1.29, 1.82) is 0 Å². The summed E-state index contributed by atoms with van der Waals surface area (Å²) in [6.45, 7) is 2.17. The summed E-state index contributed by atoms with van der Waals surface area (Å²) < 4.78 is 11.8. The number of hydrogen-bond acceptors (Lipinski definition) is 3. The molecule has 0 fully saturated rings. The van der Waals surface area contributed by atoms with Gasteiger partial charge in [0.05, 0.1) is 38.7 Å². The van der Waals surface area contributed by atoms with E-state index < -0.39 is 0 Å². The van der Waals surface area contributed by atoms with Crippen molar-refractivity contribution in [2.45, 2.75) is 6.92 Å². The van der Waals surface area contributed by atoms with Crippen LogP contribution in [0, 0.1) is 6.92 Å². The molecule has 0 bridgehead atoms. The molecule has 4 heterocycles. The Kier molecular flexibility index (Phi) is 6.48. The van der Waals surface area contributed by atoms with Crippen molar-refractivity contribution in [2.75, 3.05) is 0 Å². The van der Waals surface area contributed by atoms with Crippen LogP contribution in [0.4, 0.5) is 0 Å². The highest BCUT2D eigenvalue weighted by atomic mass is 16.3. The minimum absolute atomic E-state index is 0.712. The van der Waals surface area contributed by atoms with Crippen molar-refractivity contribution in [3.63, 3.8) is 0 Å². The second-order valence-electron chi connectivity index (χ2n) is 14.6. The molecule has 8 aromatic carbocycles. The molecule has 5 nitrogen and oxygen atoms in total. The zero-order valence-electron chi connectivity index (χ0n) is 30.4. The van der Waals surface area contributed by atoms with Crippen molar-refractivity contribution in [1.82, 2.24) is 19.1 Å². The molecule has 0 amide bonds. The molecule has 0 radical (unpaired) electrons. The highest BCUT2D eigenvalue weighted by Crippen LogP contribution is 2.49. The third kappa shape index (κ3) is 4.31. The molecule has 0 saturated carbocycles. The molecule has 0 atom stereocenters. The Labute approximate surface area is 321 Å². The maximum absolute atomic E-state index is 6.94. The number of benzene rings is 8. The third-order valence-corrected chi connectivity index (χ3v) is 11.4. The predicted octanol–water partition coefficient (Wildman–Crippen LogP) is 13.4. The van der Waals surface area contributed by atoms with Crippen LogP contribution >= 0.6 is 0 Å². The molecule has 262 valence electrons. The zero-order chi connectivity index (χ0) is 36.9. The van der Waals surface area contributed by atoms with Gasteiger partial charge in [0.25, 0.3) is 0 Å². The molecule has 0 aliphatic rings. The Morgan fingerprint density at radius 2 is 1.05 bits per heavy atom. The molecular weight excluding hydrogens is 685 g/mol. The maximum Gasteiger partial charge on any atom is 0.160 e. The van der Waals surface area contributed by atoms with Crippen LogP contribution in [0.5, 0.6) is 0 Å². The number of fused-ring (bicyclic) bond motifs is 13. The fourth-order valence-electron chi connectivity index (χ4n) is 9.05. The number of furan rings is 1. The van der Waals surface area contributed by atoms with Crippen molar-refractivity contribution >= 4 is 76.5 Å². The zero-order valence-corrected chi connectivity index (χ0v) is 30.4. The van der Waals surface area contributed by atoms with Gasteiger partial charge in [0, 0.05) is 54.8 Å². The first-order valence-corrected chi connectivity index (χ1v) is 19.0. The first-order valence-electron chi connectivity index (χ1n) is 19.0. The molecule has 12 rings (SSSR count). The first kappa shape index (κ1) is 30.9. The van der Waals surface area contributed by atoms with Crippen LogP contribution < -0.4 is 0 Å². The lowest BCUT2D eigenvalue weighted by Gasteiger charge is -2.15. The average Bonchev–Trinajstić information content (AvgIpc) is 3.92. The Hall–Kier alpha value is -7.50. The van der Waals surface area contributed by atoms with Gasteiger partial charge in [-0.2, -0.15) is 0 Å². The number of hydrogen-bond donors (Lipinski definition) is 0. The summed E-state index contributed by atoms with van der Waals surface area (Å²) in [5, 5.41) is 7.93. The fourth-order valence-corrected chi connectivity index (χ4v) is 9.05. The van der Waals surface area contributed by atoms with E-state index >= 15 is 0 Å². The highest BCUT2D eigenvalue weighted by Gasteiger charge is 2.28. The lowest BCUT2D eigenvalue weighted by molar-refractivity contribution is 0.673.